The van der Waals surface area contributed by atoms with Crippen molar-refractivity contribution in [2.45, 2.75) is 57.3 Å². The van der Waals surface area contributed by atoms with E-state index >= 15 is 0 Å². The third kappa shape index (κ3) is 144. The zero-order valence-corrected chi connectivity index (χ0v) is 31.2. The van der Waals surface area contributed by atoms with Gasteiger partial charge in [-0.25, -0.2) is 0 Å². The minimum absolute atomic E-state index is 0. The normalized spacial score (nSPS) is 11.3. The van der Waals surface area contributed by atoms with Crippen molar-refractivity contribution in [3.8, 4) is 0 Å². The van der Waals surface area contributed by atoms with Crippen LogP contribution in [0.25, 0.3) is 0 Å². The van der Waals surface area contributed by atoms with E-state index in [1.807, 2.05) is 0 Å². The summed E-state index contributed by atoms with van der Waals surface area (Å²) in [5.74, 6) is 0. The van der Waals surface area contributed by atoms with Gasteiger partial charge in [0.25, 0.3) is 0 Å². The zero-order chi connectivity index (χ0) is 17.0. The van der Waals surface area contributed by atoms with Crippen LogP contribution in [0.4, 0.5) is 0 Å². The summed E-state index contributed by atoms with van der Waals surface area (Å²) in [6.07, 6.45) is 2.56. The van der Waals surface area contributed by atoms with Gasteiger partial charge in [0.15, 0.2) is 0 Å². The van der Waals surface area contributed by atoms with Crippen molar-refractivity contribution in [3.63, 3.8) is 0 Å². The van der Waals surface area contributed by atoms with Gasteiger partial charge in [-0.1, -0.05) is 0 Å². The van der Waals surface area contributed by atoms with E-state index in [0.717, 1.165) is 13.2 Å². The summed E-state index contributed by atoms with van der Waals surface area (Å²) >= 11 is -2.56. The molecule has 1 atom stereocenters. The van der Waals surface area contributed by atoms with Crippen molar-refractivity contribution in [1.82, 2.24) is 0 Å². The van der Waals surface area contributed by atoms with Gasteiger partial charge in [-0.15, -0.1) is 0 Å². The summed E-state index contributed by atoms with van der Waals surface area (Å²) in [6, 6.07) is 0. The molecule has 0 aliphatic carbocycles. The molecule has 1 nitrogen and oxygen atoms in total. The number of hydrogen-bond donors (Lipinski definition) is 0. The molecule has 0 aromatic heterocycles. The van der Waals surface area contributed by atoms with Crippen LogP contribution in [0.2, 0.25) is 44.5 Å². The molecule has 0 saturated carbocycles. The molecule has 21 heavy (non-hydrogen) atoms. The molecular formula is C13H39Cl2OPSn3Zn+. The molecule has 1 aliphatic rings. The molecule has 1 fully saturated rings. The van der Waals surface area contributed by atoms with Crippen LogP contribution in [-0.4, -0.2) is 72.5 Å². The van der Waals surface area contributed by atoms with Gasteiger partial charge in [0.05, 0.1) is 0 Å². The van der Waals surface area contributed by atoms with Gasteiger partial charge in [0.2, 0.25) is 0 Å². The first-order chi connectivity index (χ1) is 9.11. The maximum Gasteiger partial charge on any atom is -0.0395 e. The van der Waals surface area contributed by atoms with Gasteiger partial charge in [-0.05, 0) is 22.7 Å². The Kier molecular flexibility index (Phi) is 60.3. The molecule has 129 valence electrons. The largest absolute Gasteiger partial charge is 0.0395 e. The van der Waals surface area contributed by atoms with Crippen LogP contribution in [0.15, 0.2) is 0 Å². The van der Waals surface area contributed by atoms with E-state index in [-0.39, 0.29) is 9.90 Å². The molecule has 0 N–H and O–H groups in total. The van der Waals surface area contributed by atoms with E-state index in [1.54, 1.807) is 0 Å². The van der Waals surface area contributed by atoms with Crippen LogP contribution < -0.4 is 0 Å². The molecule has 1 aliphatic heterocycles. The Bertz CT molecular complexity index is 114. The second-order valence-corrected chi connectivity index (χ2v) is 36.2. The van der Waals surface area contributed by atoms with Crippen molar-refractivity contribution in [3.05, 3.63) is 0 Å². The fraction of sp³-hybridized carbons (Fsp3) is 1.00. The third-order valence-electron chi connectivity index (χ3n) is 0.827. The first-order valence-electron chi connectivity index (χ1n) is 7.11. The monoisotopic (exact) mass is 736 g/mol. The molecule has 0 amide bonds. The van der Waals surface area contributed by atoms with Gasteiger partial charge < -0.3 is 4.74 Å². The maximum atomic E-state index is 4.95. The van der Waals surface area contributed by atoms with Crippen LogP contribution >= 0.6 is 29.3 Å². The van der Waals surface area contributed by atoms with E-state index in [2.05, 4.69) is 44.5 Å². The SMILES string of the molecule is C1CCOC1.[CH3][Sn]([CH3])[CH3].[CH3][Sn]([CH3])[CH3].[CH3][Sn]([CH3])[CH3].[Cl][Zn][Cl].[PH4+]. The van der Waals surface area contributed by atoms with Crippen molar-refractivity contribution < 1.29 is 19.9 Å². The van der Waals surface area contributed by atoms with E-state index in [0.29, 0.717) is 0 Å². The Labute approximate surface area is 176 Å². The summed E-state index contributed by atoms with van der Waals surface area (Å²) < 4.78 is 4.94. The Morgan fingerprint density at radius 2 is 0.810 bits per heavy atom. The molecule has 0 spiro atoms. The molecule has 1 saturated heterocycles. The average Bonchev–Trinajstić information content (AvgIpc) is 2.71. The Morgan fingerprint density at radius 1 is 0.667 bits per heavy atom. The summed E-state index contributed by atoms with van der Waals surface area (Å²) in [5, 5.41) is 0. The third-order valence-corrected chi connectivity index (χ3v) is 0.827. The summed E-state index contributed by atoms with van der Waals surface area (Å²) in [6.45, 7) is 2.00. The van der Waals surface area contributed by atoms with E-state index in [9.17, 15) is 0 Å². The molecule has 1 rings (SSSR count). The van der Waals surface area contributed by atoms with Crippen LogP contribution in [0, 0.1) is 0 Å². The average molecular weight is 735 g/mol. The molecule has 1 unspecified atom stereocenters. The van der Waals surface area contributed by atoms with Crippen molar-refractivity contribution in [2.24, 2.45) is 0 Å². The van der Waals surface area contributed by atoms with Gasteiger partial charge in [-0.3, -0.25) is 0 Å². The smallest absolute Gasteiger partial charge is 0.0395 e. The Balaban J connectivity index is -0.0000000508. The second-order valence-electron chi connectivity index (χ2n) is 5.92. The number of rotatable bonds is 0. The molecule has 0 aromatic carbocycles. The second kappa shape index (κ2) is 35.2. The van der Waals surface area contributed by atoms with Gasteiger partial charge in [0, 0.05) is 13.2 Å². The summed E-state index contributed by atoms with van der Waals surface area (Å²) in [7, 11) is 9.90. The van der Waals surface area contributed by atoms with Crippen molar-refractivity contribution in [2.75, 3.05) is 13.2 Å². The maximum absolute atomic E-state index is 4.95. The fourth-order valence-corrected chi connectivity index (χ4v) is 0.510. The molecule has 3 radical (unpaired) electrons. The van der Waals surface area contributed by atoms with Gasteiger partial charge in [-0.2, -0.15) is 0 Å². The number of halogens is 2. The molecule has 0 aromatic rings. The van der Waals surface area contributed by atoms with Crippen LogP contribution in [0.3, 0.4) is 0 Å². The molecule has 1 heterocycles. The zero-order valence-electron chi connectivity index (χ0n) is 16.2. The number of ether oxygens (including phenoxy) is 1. The first kappa shape index (κ1) is 36.0. The number of hydrogen-bond acceptors (Lipinski definition) is 1. The quantitative estimate of drug-likeness (QED) is 0.217. The predicted molar refractivity (Wildman–Crippen MR) is 114 cm³/mol. The van der Waals surface area contributed by atoms with E-state index < -0.39 is 74.4 Å². The van der Waals surface area contributed by atoms with Crippen LogP contribution in [0.5, 0.6) is 0 Å². The molecular weight excluding hydrogens is 696 g/mol. The Morgan fingerprint density at radius 3 is 0.857 bits per heavy atom. The summed E-state index contributed by atoms with van der Waals surface area (Å²) in [5.41, 5.74) is 0. The minimum Gasteiger partial charge on any atom is -0.0395 e. The predicted octanol–water partition coefficient (Wildman–Crippen LogP) is 6.08. The molecule has 0 bridgehead atoms. The Hall–Kier alpha value is 3.99. The fourth-order valence-electron chi connectivity index (χ4n) is 0.510. The van der Waals surface area contributed by atoms with Crippen LogP contribution in [0.1, 0.15) is 12.8 Å². The topological polar surface area (TPSA) is 9.23 Å². The van der Waals surface area contributed by atoms with Crippen LogP contribution in [-0.2, 0) is 19.9 Å². The van der Waals surface area contributed by atoms with Gasteiger partial charge in [0.1, 0.15) is 0 Å². The first-order valence-corrected chi connectivity index (χ1v) is 40.6. The minimum atomic E-state index is -0.931. The summed E-state index contributed by atoms with van der Waals surface area (Å²) in [4.78, 5) is 21.3. The molecule has 8 heteroatoms. The van der Waals surface area contributed by atoms with Crippen molar-refractivity contribution >= 4 is 88.6 Å². The van der Waals surface area contributed by atoms with Crippen molar-refractivity contribution in [1.29, 1.82) is 0 Å². The van der Waals surface area contributed by atoms with E-state index in [1.165, 1.54) is 12.8 Å². The van der Waals surface area contributed by atoms with Gasteiger partial charge >= 0.3 is 138 Å². The standard InChI is InChI=1S/C4H8O.9CH3.2ClH.H3P.3Sn.Zn/c1-2-4-5-3-1;;;;;;;;;;;;;;;;/h1-4H2;9*1H3;2*1H;1H3;;;;/q;;;;;;;;;;;;;;;;+2/p-1. The van der Waals surface area contributed by atoms with E-state index in [4.69, 9.17) is 24.1 Å².